The molecule has 2 heterocycles. The highest BCUT2D eigenvalue weighted by atomic mass is 16.5. The number of likely N-dealkylation sites (tertiary alicyclic amines) is 1. The molecule has 1 fully saturated rings. The maximum absolute atomic E-state index is 12.3. The van der Waals surface area contributed by atoms with Gasteiger partial charge in [0.25, 0.3) is 0 Å². The fourth-order valence-corrected chi connectivity index (χ4v) is 2.45. The Morgan fingerprint density at radius 3 is 2.79 bits per heavy atom. The summed E-state index contributed by atoms with van der Waals surface area (Å²) in [5.74, 6) is 1.76. The summed E-state index contributed by atoms with van der Waals surface area (Å²) in [6.45, 7) is 9.64. The molecule has 0 N–H and O–H groups in total. The molecule has 0 bridgehead atoms. The van der Waals surface area contributed by atoms with Crippen molar-refractivity contribution >= 4 is 5.91 Å². The predicted octanol–water partition coefficient (Wildman–Crippen LogP) is 2.52. The minimum absolute atomic E-state index is 0.0328. The third-order valence-corrected chi connectivity index (χ3v) is 3.35. The van der Waals surface area contributed by atoms with Gasteiger partial charge in [0, 0.05) is 19.5 Å². The van der Waals surface area contributed by atoms with Gasteiger partial charge in [-0.15, -0.1) is 0 Å². The van der Waals surface area contributed by atoms with Gasteiger partial charge in [0.05, 0.1) is 5.92 Å². The van der Waals surface area contributed by atoms with E-state index in [0.29, 0.717) is 24.7 Å². The van der Waals surface area contributed by atoms with Gasteiger partial charge in [0.15, 0.2) is 5.82 Å². The van der Waals surface area contributed by atoms with Crippen LogP contribution < -0.4 is 0 Å². The first-order valence-electron chi connectivity index (χ1n) is 6.93. The zero-order chi connectivity index (χ0) is 14.0. The molecule has 1 saturated heterocycles. The number of amides is 1. The average molecular weight is 265 g/mol. The zero-order valence-electron chi connectivity index (χ0n) is 12.3. The lowest BCUT2D eigenvalue weighted by molar-refractivity contribution is -0.134. The molecule has 2 rings (SSSR count). The number of nitrogens with zero attached hydrogens (tertiary/aromatic N) is 3. The van der Waals surface area contributed by atoms with Crippen LogP contribution in [0.1, 0.15) is 57.7 Å². The standard InChI is InChI=1S/C14H23N3O2/c1-10-15-13(19-16-10)11-6-5-7-17(9-11)12(18)8-14(2,3)4/h11H,5-9H2,1-4H3/t11-/m1/s1. The molecule has 0 unspecified atom stereocenters. The minimum Gasteiger partial charge on any atom is -0.342 e. The van der Waals surface area contributed by atoms with Gasteiger partial charge in [-0.1, -0.05) is 25.9 Å². The molecule has 1 aliphatic rings. The second-order valence-electron chi connectivity index (χ2n) is 6.60. The number of aromatic nitrogens is 2. The van der Waals surface area contributed by atoms with E-state index in [1.807, 2.05) is 11.8 Å². The summed E-state index contributed by atoms with van der Waals surface area (Å²) in [6, 6.07) is 0. The second kappa shape index (κ2) is 5.31. The lowest BCUT2D eigenvalue weighted by Crippen LogP contribution is -2.40. The molecule has 5 nitrogen and oxygen atoms in total. The Balaban J connectivity index is 1.99. The largest absolute Gasteiger partial charge is 0.342 e. The van der Waals surface area contributed by atoms with Gasteiger partial charge in [-0.05, 0) is 25.2 Å². The summed E-state index contributed by atoms with van der Waals surface area (Å²) >= 11 is 0. The fourth-order valence-electron chi connectivity index (χ4n) is 2.45. The summed E-state index contributed by atoms with van der Waals surface area (Å²) in [5, 5.41) is 3.83. The van der Waals surface area contributed by atoms with Gasteiger partial charge in [-0.25, -0.2) is 0 Å². The van der Waals surface area contributed by atoms with Crippen LogP contribution in [0.25, 0.3) is 0 Å². The van der Waals surface area contributed by atoms with Crippen molar-refractivity contribution in [2.24, 2.45) is 5.41 Å². The first kappa shape index (κ1) is 14.0. The van der Waals surface area contributed by atoms with E-state index in [4.69, 9.17) is 4.52 Å². The molecule has 1 atom stereocenters. The summed E-state index contributed by atoms with van der Waals surface area (Å²) in [7, 11) is 0. The Hall–Kier alpha value is -1.39. The highest BCUT2D eigenvalue weighted by molar-refractivity contribution is 5.77. The number of hydrogen-bond acceptors (Lipinski definition) is 4. The van der Waals surface area contributed by atoms with Crippen LogP contribution in [-0.4, -0.2) is 34.0 Å². The second-order valence-corrected chi connectivity index (χ2v) is 6.60. The molecule has 0 radical (unpaired) electrons. The Morgan fingerprint density at radius 1 is 1.47 bits per heavy atom. The topological polar surface area (TPSA) is 59.2 Å². The number of piperidine rings is 1. The normalized spacial score (nSPS) is 20.6. The third-order valence-electron chi connectivity index (χ3n) is 3.35. The average Bonchev–Trinajstić information content (AvgIpc) is 2.74. The first-order chi connectivity index (χ1) is 8.85. The summed E-state index contributed by atoms with van der Waals surface area (Å²) in [4.78, 5) is 18.5. The van der Waals surface area contributed by atoms with Crippen LogP contribution in [-0.2, 0) is 4.79 Å². The van der Waals surface area contributed by atoms with Crippen LogP contribution in [0.15, 0.2) is 4.52 Å². The van der Waals surface area contributed by atoms with Crippen LogP contribution in [0, 0.1) is 12.3 Å². The van der Waals surface area contributed by atoms with E-state index in [2.05, 4.69) is 30.9 Å². The van der Waals surface area contributed by atoms with Gasteiger partial charge in [-0.3, -0.25) is 4.79 Å². The number of hydrogen-bond donors (Lipinski definition) is 0. The summed E-state index contributed by atoms with van der Waals surface area (Å²) in [5.41, 5.74) is 0.0328. The van der Waals surface area contributed by atoms with Gasteiger partial charge >= 0.3 is 0 Å². The van der Waals surface area contributed by atoms with Crippen molar-refractivity contribution < 1.29 is 9.32 Å². The SMILES string of the molecule is Cc1noc([C@@H]2CCCN(C(=O)CC(C)(C)C)C2)n1. The quantitative estimate of drug-likeness (QED) is 0.824. The monoisotopic (exact) mass is 265 g/mol. The molecular weight excluding hydrogens is 242 g/mol. The molecule has 0 aliphatic carbocycles. The van der Waals surface area contributed by atoms with Gasteiger partial charge < -0.3 is 9.42 Å². The lowest BCUT2D eigenvalue weighted by Gasteiger charge is -2.33. The Kier molecular flexibility index (Phi) is 3.92. The number of carbonyl (C=O) groups excluding carboxylic acids is 1. The Labute approximate surface area is 114 Å². The molecule has 0 aromatic carbocycles. The first-order valence-corrected chi connectivity index (χ1v) is 6.93. The van der Waals surface area contributed by atoms with Crippen molar-refractivity contribution in [1.29, 1.82) is 0 Å². The predicted molar refractivity (Wildman–Crippen MR) is 71.7 cm³/mol. The van der Waals surface area contributed by atoms with E-state index in [-0.39, 0.29) is 17.2 Å². The molecule has 1 aromatic heterocycles. The van der Waals surface area contributed by atoms with E-state index in [1.54, 1.807) is 0 Å². The van der Waals surface area contributed by atoms with Gasteiger partial charge in [0.2, 0.25) is 11.8 Å². The molecule has 1 aliphatic heterocycles. The van der Waals surface area contributed by atoms with E-state index in [1.165, 1.54) is 0 Å². The van der Waals surface area contributed by atoms with E-state index < -0.39 is 0 Å². The van der Waals surface area contributed by atoms with Crippen LogP contribution >= 0.6 is 0 Å². The highest BCUT2D eigenvalue weighted by Crippen LogP contribution is 2.28. The third kappa shape index (κ3) is 3.78. The van der Waals surface area contributed by atoms with Crippen molar-refractivity contribution in [3.63, 3.8) is 0 Å². The maximum atomic E-state index is 12.3. The van der Waals surface area contributed by atoms with Crippen molar-refractivity contribution in [2.45, 2.75) is 52.9 Å². The summed E-state index contributed by atoms with van der Waals surface area (Å²) < 4.78 is 5.23. The van der Waals surface area contributed by atoms with Crippen LogP contribution in [0.2, 0.25) is 0 Å². The number of carbonyl (C=O) groups is 1. The Morgan fingerprint density at radius 2 is 2.21 bits per heavy atom. The van der Waals surface area contributed by atoms with Crippen molar-refractivity contribution in [3.05, 3.63) is 11.7 Å². The molecule has 1 amide bonds. The number of rotatable bonds is 2. The van der Waals surface area contributed by atoms with Crippen molar-refractivity contribution in [1.82, 2.24) is 15.0 Å². The molecule has 5 heteroatoms. The van der Waals surface area contributed by atoms with Crippen LogP contribution in [0.3, 0.4) is 0 Å². The van der Waals surface area contributed by atoms with E-state index in [0.717, 1.165) is 19.4 Å². The molecule has 0 saturated carbocycles. The smallest absolute Gasteiger partial charge is 0.231 e. The van der Waals surface area contributed by atoms with E-state index in [9.17, 15) is 4.79 Å². The van der Waals surface area contributed by atoms with Gasteiger partial charge in [-0.2, -0.15) is 4.98 Å². The molecule has 19 heavy (non-hydrogen) atoms. The molecule has 1 aromatic rings. The summed E-state index contributed by atoms with van der Waals surface area (Å²) in [6.07, 6.45) is 2.60. The number of aryl methyl sites for hydroxylation is 1. The van der Waals surface area contributed by atoms with Crippen LogP contribution in [0.5, 0.6) is 0 Å². The van der Waals surface area contributed by atoms with E-state index >= 15 is 0 Å². The van der Waals surface area contributed by atoms with Crippen molar-refractivity contribution in [2.75, 3.05) is 13.1 Å². The minimum atomic E-state index is 0.0328. The molecule has 106 valence electrons. The molecule has 0 spiro atoms. The maximum Gasteiger partial charge on any atom is 0.231 e. The van der Waals surface area contributed by atoms with Crippen molar-refractivity contribution in [3.8, 4) is 0 Å². The highest BCUT2D eigenvalue weighted by Gasteiger charge is 2.29. The lowest BCUT2D eigenvalue weighted by atomic mass is 9.90. The fraction of sp³-hybridized carbons (Fsp3) is 0.786. The molecular formula is C14H23N3O2. The van der Waals surface area contributed by atoms with Crippen LogP contribution in [0.4, 0.5) is 0 Å². The van der Waals surface area contributed by atoms with Gasteiger partial charge in [0.1, 0.15) is 0 Å². The Bertz CT molecular complexity index is 448. The zero-order valence-corrected chi connectivity index (χ0v) is 12.3.